The maximum absolute atomic E-state index is 12.9. The van der Waals surface area contributed by atoms with Crippen LogP contribution in [0, 0.1) is 19.8 Å². The number of nitrogens with zero attached hydrogens (tertiary/aromatic N) is 2. The number of aromatic nitrogens is 2. The molecule has 7 heteroatoms. The summed E-state index contributed by atoms with van der Waals surface area (Å²) < 4.78 is 0. The first-order chi connectivity index (χ1) is 14.3. The van der Waals surface area contributed by atoms with E-state index in [-0.39, 0.29) is 29.9 Å². The fourth-order valence-electron chi connectivity index (χ4n) is 4.21. The Morgan fingerprint density at radius 3 is 2.53 bits per heavy atom. The molecule has 2 aromatic rings. The highest BCUT2D eigenvalue weighted by molar-refractivity contribution is 6.04. The number of piperidine rings is 1. The van der Waals surface area contributed by atoms with Gasteiger partial charge in [0, 0.05) is 23.4 Å². The molecule has 0 atom stereocenters. The van der Waals surface area contributed by atoms with Gasteiger partial charge < -0.3 is 10.3 Å². The largest absolute Gasteiger partial charge is 0.355 e. The molecule has 1 aliphatic rings. The highest BCUT2D eigenvalue weighted by Crippen LogP contribution is 2.23. The summed E-state index contributed by atoms with van der Waals surface area (Å²) in [5.74, 6) is 0.456. The average Bonchev–Trinajstić information content (AvgIpc) is 3.05. The minimum absolute atomic E-state index is 0.00527. The van der Waals surface area contributed by atoms with Crippen LogP contribution in [0.3, 0.4) is 0 Å². The lowest BCUT2D eigenvalue weighted by molar-refractivity contribution is -0.121. The van der Waals surface area contributed by atoms with Crippen molar-refractivity contribution in [3.8, 4) is 0 Å². The molecule has 0 radical (unpaired) electrons. The van der Waals surface area contributed by atoms with Crippen molar-refractivity contribution in [1.82, 2.24) is 14.9 Å². The van der Waals surface area contributed by atoms with E-state index in [0.29, 0.717) is 49.4 Å². The van der Waals surface area contributed by atoms with Crippen LogP contribution in [0.25, 0.3) is 0 Å². The molecule has 160 valence electrons. The number of aromatic amines is 1. The molecule has 0 unspecified atom stereocenters. The van der Waals surface area contributed by atoms with Crippen LogP contribution in [0.1, 0.15) is 64.4 Å². The highest BCUT2D eigenvalue weighted by atomic mass is 16.2. The summed E-state index contributed by atoms with van der Waals surface area (Å²) in [5, 5.41) is 2.90. The number of pyridine rings is 1. The van der Waals surface area contributed by atoms with Gasteiger partial charge >= 0.3 is 0 Å². The van der Waals surface area contributed by atoms with E-state index in [2.05, 4.69) is 20.2 Å². The summed E-state index contributed by atoms with van der Waals surface area (Å²) in [6, 6.07) is 3.74. The van der Waals surface area contributed by atoms with Crippen LogP contribution >= 0.6 is 0 Å². The van der Waals surface area contributed by atoms with Gasteiger partial charge in [0.25, 0.3) is 0 Å². The van der Waals surface area contributed by atoms with Crippen LogP contribution in [-0.2, 0) is 11.2 Å². The fraction of sp³-hybridized carbons (Fsp3) is 0.478. The summed E-state index contributed by atoms with van der Waals surface area (Å²) in [7, 11) is 0. The molecule has 1 saturated heterocycles. The van der Waals surface area contributed by atoms with Gasteiger partial charge in [-0.1, -0.05) is 6.92 Å². The molecule has 0 spiro atoms. The predicted molar refractivity (Wildman–Crippen MR) is 116 cm³/mol. The minimum Gasteiger partial charge on any atom is -0.355 e. The summed E-state index contributed by atoms with van der Waals surface area (Å²) in [4.78, 5) is 46.8. The van der Waals surface area contributed by atoms with Gasteiger partial charge in [-0.05, 0) is 76.4 Å². The number of amides is 1. The fourth-order valence-corrected chi connectivity index (χ4v) is 4.21. The van der Waals surface area contributed by atoms with E-state index < -0.39 is 0 Å². The predicted octanol–water partition coefficient (Wildman–Crippen LogP) is 3.32. The highest BCUT2D eigenvalue weighted by Gasteiger charge is 2.28. The number of ketones is 2. The molecule has 2 aromatic heterocycles. The molecule has 0 bridgehead atoms. The Hall–Kier alpha value is -2.80. The van der Waals surface area contributed by atoms with E-state index in [1.807, 2.05) is 32.9 Å². The Balaban J connectivity index is 1.57. The number of hydrogen-bond acceptors (Lipinski definition) is 5. The molecule has 2 N–H and O–H groups in total. The van der Waals surface area contributed by atoms with Crippen molar-refractivity contribution in [3.05, 3.63) is 46.4 Å². The summed E-state index contributed by atoms with van der Waals surface area (Å²) in [6.45, 7) is 8.95. The Bertz CT molecular complexity index is 955. The number of hydrogen-bond donors (Lipinski definition) is 2. The molecule has 1 aliphatic heterocycles. The SMILES string of the molecule is CCc1c(C(=O)CN2CCC(C(=O)Nc3cc(C)ccn3)CC2)[nH]c(C)c1C(C)=O. The number of anilines is 1. The number of Topliss-reactive ketones (excluding diaryl/α,β-unsaturated/α-hetero) is 2. The normalized spacial score (nSPS) is 15.2. The van der Waals surface area contributed by atoms with Crippen molar-refractivity contribution in [2.75, 3.05) is 25.0 Å². The number of carbonyl (C=O) groups is 3. The quantitative estimate of drug-likeness (QED) is 0.683. The Morgan fingerprint density at radius 1 is 1.23 bits per heavy atom. The van der Waals surface area contributed by atoms with Crippen molar-refractivity contribution >= 4 is 23.3 Å². The Kier molecular flexibility index (Phi) is 6.82. The second-order valence-corrected chi connectivity index (χ2v) is 8.07. The lowest BCUT2D eigenvalue weighted by Crippen LogP contribution is -2.40. The number of H-pyrrole nitrogens is 1. The summed E-state index contributed by atoms with van der Waals surface area (Å²) in [5.41, 5.74) is 3.80. The van der Waals surface area contributed by atoms with Crippen LogP contribution in [0.15, 0.2) is 18.3 Å². The third-order valence-electron chi connectivity index (χ3n) is 5.77. The summed E-state index contributed by atoms with van der Waals surface area (Å²) in [6.07, 6.45) is 3.72. The van der Waals surface area contributed by atoms with E-state index >= 15 is 0 Å². The number of carbonyl (C=O) groups excluding carboxylic acids is 3. The van der Waals surface area contributed by atoms with Gasteiger partial charge in [-0.3, -0.25) is 19.3 Å². The molecule has 3 heterocycles. The van der Waals surface area contributed by atoms with Gasteiger partial charge in [0.05, 0.1) is 12.2 Å². The van der Waals surface area contributed by atoms with Crippen molar-refractivity contribution in [3.63, 3.8) is 0 Å². The van der Waals surface area contributed by atoms with E-state index in [4.69, 9.17) is 0 Å². The molecule has 0 saturated carbocycles. The van der Waals surface area contributed by atoms with Crippen molar-refractivity contribution in [2.24, 2.45) is 5.92 Å². The third-order valence-corrected chi connectivity index (χ3v) is 5.77. The lowest BCUT2D eigenvalue weighted by atomic mass is 9.95. The third kappa shape index (κ3) is 4.84. The molecule has 1 amide bonds. The van der Waals surface area contributed by atoms with E-state index in [0.717, 1.165) is 16.8 Å². The Morgan fingerprint density at radius 2 is 1.93 bits per heavy atom. The molecule has 30 heavy (non-hydrogen) atoms. The van der Waals surface area contributed by atoms with Crippen LogP contribution in [-0.4, -0.2) is 52.0 Å². The number of likely N-dealkylation sites (tertiary alicyclic amines) is 1. The second kappa shape index (κ2) is 9.34. The first-order valence-electron chi connectivity index (χ1n) is 10.5. The molecule has 0 aromatic carbocycles. The molecule has 1 fully saturated rings. The maximum Gasteiger partial charge on any atom is 0.228 e. The molecular weight excluding hydrogens is 380 g/mol. The van der Waals surface area contributed by atoms with E-state index in [1.165, 1.54) is 6.92 Å². The van der Waals surface area contributed by atoms with Gasteiger partial charge in [0.15, 0.2) is 11.6 Å². The topological polar surface area (TPSA) is 95.2 Å². The standard InChI is InChI=1S/C23H30N4O3/c1-5-18-21(16(4)28)15(3)25-22(18)19(29)13-27-10-7-17(8-11-27)23(30)26-20-12-14(2)6-9-24-20/h6,9,12,17,25H,5,7-8,10-11,13H2,1-4H3,(H,24,26,30). The molecule has 7 nitrogen and oxygen atoms in total. The average molecular weight is 411 g/mol. The van der Waals surface area contributed by atoms with Gasteiger partial charge in [-0.2, -0.15) is 0 Å². The Labute approximate surface area is 177 Å². The van der Waals surface area contributed by atoms with Gasteiger partial charge in [-0.15, -0.1) is 0 Å². The van der Waals surface area contributed by atoms with Crippen molar-refractivity contribution in [1.29, 1.82) is 0 Å². The first-order valence-corrected chi connectivity index (χ1v) is 10.5. The van der Waals surface area contributed by atoms with Crippen molar-refractivity contribution in [2.45, 2.75) is 47.0 Å². The van der Waals surface area contributed by atoms with Gasteiger partial charge in [0.1, 0.15) is 5.82 Å². The zero-order valence-corrected chi connectivity index (χ0v) is 18.2. The smallest absolute Gasteiger partial charge is 0.228 e. The minimum atomic E-state index is -0.0816. The monoisotopic (exact) mass is 410 g/mol. The van der Waals surface area contributed by atoms with Crippen LogP contribution in [0.4, 0.5) is 5.82 Å². The van der Waals surface area contributed by atoms with Crippen LogP contribution in [0.5, 0.6) is 0 Å². The molecular formula is C23H30N4O3. The van der Waals surface area contributed by atoms with Crippen molar-refractivity contribution < 1.29 is 14.4 Å². The number of rotatable bonds is 7. The van der Waals surface area contributed by atoms with E-state index in [9.17, 15) is 14.4 Å². The molecule has 0 aliphatic carbocycles. The van der Waals surface area contributed by atoms with Gasteiger partial charge in [0.2, 0.25) is 5.91 Å². The lowest BCUT2D eigenvalue weighted by Gasteiger charge is -2.30. The number of aryl methyl sites for hydroxylation is 2. The summed E-state index contributed by atoms with van der Waals surface area (Å²) >= 11 is 0. The number of nitrogens with one attached hydrogen (secondary N) is 2. The van der Waals surface area contributed by atoms with Crippen LogP contribution < -0.4 is 5.32 Å². The first kappa shape index (κ1) is 21.9. The second-order valence-electron chi connectivity index (χ2n) is 8.07. The van der Waals surface area contributed by atoms with Crippen LogP contribution in [0.2, 0.25) is 0 Å². The zero-order chi connectivity index (χ0) is 21.8. The van der Waals surface area contributed by atoms with Gasteiger partial charge in [-0.25, -0.2) is 4.98 Å². The van der Waals surface area contributed by atoms with E-state index in [1.54, 1.807) is 6.20 Å². The maximum atomic E-state index is 12.9. The molecule has 3 rings (SSSR count). The zero-order valence-electron chi connectivity index (χ0n) is 18.2.